The minimum absolute atomic E-state index is 0.0265. The first-order valence-corrected chi connectivity index (χ1v) is 6.44. The number of aliphatic hydroxyl groups is 1. The number of hydrogen-bond acceptors (Lipinski definition) is 4. The smallest absolute Gasteiger partial charge is 0.242 e. The van der Waals surface area contributed by atoms with Gasteiger partial charge in [-0.1, -0.05) is 0 Å². The van der Waals surface area contributed by atoms with E-state index in [-0.39, 0.29) is 18.2 Å². The van der Waals surface area contributed by atoms with E-state index < -0.39 is 24.0 Å². The lowest BCUT2D eigenvalue weighted by Crippen LogP contribution is -2.70. The molecule has 3 N–H and O–H groups in total. The number of aliphatic hydroxyl groups excluding tert-OH is 1. The molecular formula is C12H19N3O4. The predicted molar refractivity (Wildman–Crippen MR) is 65.7 cm³/mol. The molecule has 7 nitrogen and oxygen atoms in total. The second-order valence-electron chi connectivity index (χ2n) is 5.21. The van der Waals surface area contributed by atoms with Gasteiger partial charge in [0.25, 0.3) is 0 Å². The molecule has 2 fully saturated rings. The van der Waals surface area contributed by atoms with Crippen LogP contribution in [0.1, 0.15) is 19.8 Å². The molecule has 0 saturated carbocycles. The lowest BCUT2D eigenvalue weighted by atomic mass is 9.70. The number of β-lactam (4-membered cyclic amide) rings is 1. The first-order valence-electron chi connectivity index (χ1n) is 6.44. The van der Waals surface area contributed by atoms with Crippen molar-refractivity contribution >= 4 is 17.7 Å². The van der Waals surface area contributed by atoms with Gasteiger partial charge in [-0.3, -0.25) is 14.4 Å². The first-order chi connectivity index (χ1) is 8.95. The fourth-order valence-electron chi connectivity index (χ4n) is 2.89. The average molecular weight is 269 g/mol. The van der Waals surface area contributed by atoms with Crippen LogP contribution in [0, 0.1) is 5.41 Å². The van der Waals surface area contributed by atoms with Crippen molar-refractivity contribution in [3.63, 3.8) is 0 Å². The van der Waals surface area contributed by atoms with Gasteiger partial charge < -0.3 is 20.6 Å². The highest BCUT2D eigenvalue weighted by Gasteiger charge is 2.57. The molecule has 2 heterocycles. The van der Waals surface area contributed by atoms with Crippen molar-refractivity contribution < 1.29 is 19.5 Å². The van der Waals surface area contributed by atoms with Crippen LogP contribution in [0.25, 0.3) is 0 Å². The summed E-state index contributed by atoms with van der Waals surface area (Å²) in [6, 6.07) is -0.975. The van der Waals surface area contributed by atoms with E-state index in [2.05, 4.69) is 0 Å². The SMILES string of the molecule is CCN1CCC2(CC1=O)CN([C@@H](CO)C(N)=O)C2=O. The Balaban J connectivity index is 2.05. The number of carbonyl (C=O) groups excluding carboxylic acids is 3. The number of nitrogens with zero attached hydrogens (tertiary/aromatic N) is 2. The summed E-state index contributed by atoms with van der Waals surface area (Å²) in [7, 11) is 0. The van der Waals surface area contributed by atoms with Crippen molar-refractivity contribution in [3.8, 4) is 0 Å². The third-order valence-electron chi connectivity index (χ3n) is 4.15. The summed E-state index contributed by atoms with van der Waals surface area (Å²) >= 11 is 0. The van der Waals surface area contributed by atoms with E-state index in [1.54, 1.807) is 4.90 Å². The summed E-state index contributed by atoms with van der Waals surface area (Å²) in [4.78, 5) is 38.2. The lowest BCUT2D eigenvalue weighted by molar-refractivity contribution is -0.177. The first kappa shape index (κ1) is 13.8. The molecule has 0 aromatic heterocycles. The van der Waals surface area contributed by atoms with Crippen LogP contribution in [0.15, 0.2) is 0 Å². The molecule has 19 heavy (non-hydrogen) atoms. The van der Waals surface area contributed by atoms with Gasteiger partial charge in [0, 0.05) is 26.1 Å². The van der Waals surface area contributed by atoms with E-state index in [0.29, 0.717) is 26.1 Å². The minimum Gasteiger partial charge on any atom is -0.394 e. The summed E-state index contributed by atoms with van der Waals surface area (Å²) in [6.45, 7) is 2.96. The Labute approximate surface area is 111 Å². The van der Waals surface area contributed by atoms with E-state index in [4.69, 9.17) is 10.8 Å². The fourth-order valence-corrected chi connectivity index (χ4v) is 2.89. The van der Waals surface area contributed by atoms with Gasteiger partial charge in [0.2, 0.25) is 17.7 Å². The zero-order valence-corrected chi connectivity index (χ0v) is 11.0. The van der Waals surface area contributed by atoms with Crippen molar-refractivity contribution in [2.75, 3.05) is 26.2 Å². The standard InChI is InChI=1S/C12H19N3O4/c1-2-14-4-3-12(5-9(14)17)7-15(11(12)19)8(6-16)10(13)18/h8,16H,2-7H2,1H3,(H2,13,18)/t8-,12?/m0/s1. The summed E-state index contributed by atoms with van der Waals surface area (Å²) in [5.41, 5.74) is 4.47. The molecule has 106 valence electrons. The van der Waals surface area contributed by atoms with Crippen molar-refractivity contribution in [1.29, 1.82) is 0 Å². The maximum Gasteiger partial charge on any atom is 0.242 e. The van der Waals surface area contributed by atoms with Gasteiger partial charge in [0.05, 0.1) is 12.0 Å². The molecule has 2 aliphatic rings. The number of hydrogen-bond donors (Lipinski definition) is 2. The second-order valence-corrected chi connectivity index (χ2v) is 5.21. The monoisotopic (exact) mass is 269 g/mol. The van der Waals surface area contributed by atoms with Crippen LogP contribution in [0.3, 0.4) is 0 Å². The van der Waals surface area contributed by atoms with Crippen molar-refractivity contribution in [1.82, 2.24) is 9.80 Å². The van der Waals surface area contributed by atoms with Gasteiger partial charge in [0.15, 0.2) is 0 Å². The Morgan fingerprint density at radius 3 is 2.63 bits per heavy atom. The number of rotatable bonds is 4. The Morgan fingerprint density at radius 1 is 1.53 bits per heavy atom. The molecule has 0 aromatic carbocycles. The van der Waals surface area contributed by atoms with Crippen LogP contribution < -0.4 is 5.73 Å². The fraction of sp³-hybridized carbons (Fsp3) is 0.750. The van der Waals surface area contributed by atoms with Gasteiger partial charge in [-0.15, -0.1) is 0 Å². The summed E-state index contributed by atoms with van der Waals surface area (Å²) < 4.78 is 0. The number of carbonyl (C=O) groups is 3. The highest BCUT2D eigenvalue weighted by atomic mass is 16.3. The van der Waals surface area contributed by atoms with E-state index in [0.717, 1.165) is 0 Å². The Hall–Kier alpha value is -1.63. The number of likely N-dealkylation sites (tertiary alicyclic amines) is 2. The molecule has 1 unspecified atom stereocenters. The van der Waals surface area contributed by atoms with E-state index >= 15 is 0 Å². The van der Waals surface area contributed by atoms with E-state index in [9.17, 15) is 14.4 Å². The van der Waals surface area contributed by atoms with Gasteiger partial charge in [-0.25, -0.2) is 0 Å². The number of primary amides is 1. The van der Waals surface area contributed by atoms with Crippen LogP contribution in [-0.2, 0) is 14.4 Å². The molecule has 2 aliphatic heterocycles. The Kier molecular flexibility index (Phi) is 3.49. The minimum atomic E-state index is -0.975. The third kappa shape index (κ3) is 2.07. The quantitative estimate of drug-likeness (QED) is 0.594. The zero-order chi connectivity index (χ0) is 14.2. The molecule has 3 amide bonds. The van der Waals surface area contributed by atoms with Gasteiger partial charge >= 0.3 is 0 Å². The molecular weight excluding hydrogens is 250 g/mol. The van der Waals surface area contributed by atoms with Crippen LogP contribution in [0.2, 0.25) is 0 Å². The Bertz CT molecular complexity index is 425. The van der Waals surface area contributed by atoms with Crippen molar-refractivity contribution in [2.45, 2.75) is 25.8 Å². The summed E-state index contributed by atoms with van der Waals surface area (Å²) in [5, 5.41) is 9.10. The highest BCUT2D eigenvalue weighted by Crippen LogP contribution is 2.43. The molecule has 2 atom stereocenters. The number of amides is 3. The molecule has 0 aromatic rings. The average Bonchev–Trinajstić information content (AvgIpc) is 2.38. The van der Waals surface area contributed by atoms with E-state index in [1.807, 2.05) is 6.92 Å². The largest absolute Gasteiger partial charge is 0.394 e. The molecule has 0 radical (unpaired) electrons. The summed E-state index contributed by atoms with van der Waals surface area (Å²) in [6.07, 6.45) is 0.798. The van der Waals surface area contributed by atoms with Gasteiger partial charge in [-0.2, -0.15) is 0 Å². The summed E-state index contributed by atoms with van der Waals surface area (Å²) in [5.74, 6) is -0.987. The van der Waals surface area contributed by atoms with Crippen LogP contribution >= 0.6 is 0 Å². The van der Waals surface area contributed by atoms with E-state index in [1.165, 1.54) is 4.90 Å². The van der Waals surface area contributed by atoms with Crippen LogP contribution in [0.5, 0.6) is 0 Å². The molecule has 0 bridgehead atoms. The molecule has 2 rings (SSSR count). The molecule has 7 heteroatoms. The highest BCUT2D eigenvalue weighted by molar-refractivity contribution is 5.97. The third-order valence-corrected chi connectivity index (χ3v) is 4.15. The van der Waals surface area contributed by atoms with Crippen molar-refractivity contribution in [2.24, 2.45) is 11.1 Å². The van der Waals surface area contributed by atoms with Crippen LogP contribution in [-0.4, -0.2) is 64.9 Å². The molecule has 2 saturated heterocycles. The Morgan fingerprint density at radius 2 is 2.21 bits per heavy atom. The number of nitrogens with two attached hydrogens (primary N) is 1. The van der Waals surface area contributed by atoms with Gasteiger partial charge in [0.1, 0.15) is 6.04 Å². The zero-order valence-electron chi connectivity index (χ0n) is 11.0. The maximum atomic E-state index is 12.2. The second kappa shape index (κ2) is 4.80. The predicted octanol–water partition coefficient (Wildman–Crippen LogP) is -1.70. The maximum absolute atomic E-state index is 12.2. The van der Waals surface area contributed by atoms with Crippen LogP contribution in [0.4, 0.5) is 0 Å². The van der Waals surface area contributed by atoms with Gasteiger partial charge in [-0.05, 0) is 13.3 Å². The lowest BCUT2D eigenvalue weighted by Gasteiger charge is -2.53. The number of piperidine rings is 1. The molecule has 1 spiro atoms. The topological polar surface area (TPSA) is 104 Å². The van der Waals surface area contributed by atoms with Crippen molar-refractivity contribution in [3.05, 3.63) is 0 Å². The normalized spacial score (nSPS) is 28.5. The molecule has 0 aliphatic carbocycles.